The van der Waals surface area contributed by atoms with Crippen LogP contribution in [0.25, 0.3) is 11.3 Å². The van der Waals surface area contributed by atoms with Crippen LogP contribution in [0.3, 0.4) is 0 Å². The third-order valence-electron chi connectivity index (χ3n) is 1.84. The Morgan fingerprint density at radius 1 is 1.36 bits per heavy atom. The van der Waals surface area contributed by atoms with Crippen molar-refractivity contribution in [2.45, 2.75) is 5.33 Å². The lowest BCUT2D eigenvalue weighted by atomic mass is 10.1. The molecule has 0 aliphatic carbocycles. The standard InChI is InChI=1S/C10H7BrFNO/c11-6-7-5-10(14-13-7)8-3-1-2-4-9(8)12/h1-5H,6H2. The van der Waals surface area contributed by atoms with Gasteiger partial charge in [-0.15, -0.1) is 0 Å². The Bertz CT molecular complexity index is 441. The summed E-state index contributed by atoms with van der Waals surface area (Å²) in [5.74, 6) is 0.155. The number of hydrogen-bond acceptors (Lipinski definition) is 2. The van der Waals surface area contributed by atoms with Gasteiger partial charge in [-0.3, -0.25) is 0 Å². The van der Waals surface area contributed by atoms with Crippen LogP contribution in [0, 0.1) is 5.82 Å². The van der Waals surface area contributed by atoms with Gasteiger partial charge >= 0.3 is 0 Å². The van der Waals surface area contributed by atoms with Crippen LogP contribution in [0.2, 0.25) is 0 Å². The molecular weight excluding hydrogens is 249 g/mol. The first-order valence-electron chi connectivity index (χ1n) is 4.07. The third-order valence-corrected chi connectivity index (χ3v) is 2.41. The molecule has 4 heteroatoms. The highest BCUT2D eigenvalue weighted by molar-refractivity contribution is 9.08. The van der Waals surface area contributed by atoms with E-state index < -0.39 is 0 Å². The fourth-order valence-corrected chi connectivity index (χ4v) is 1.43. The molecule has 2 aromatic rings. The number of nitrogens with zero attached hydrogens (tertiary/aromatic N) is 1. The Hall–Kier alpha value is -1.16. The van der Waals surface area contributed by atoms with Gasteiger partial charge in [0.1, 0.15) is 5.82 Å². The lowest BCUT2D eigenvalue weighted by Gasteiger charge is -1.95. The topological polar surface area (TPSA) is 26.0 Å². The second-order valence-corrected chi connectivity index (χ2v) is 3.36. The zero-order chi connectivity index (χ0) is 9.97. The summed E-state index contributed by atoms with van der Waals surface area (Å²) in [6.07, 6.45) is 0. The molecule has 0 amide bonds. The predicted molar refractivity (Wildman–Crippen MR) is 54.5 cm³/mol. The van der Waals surface area contributed by atoms with Gasteiger partial charge in [0.2, 0.25) is 0 Å². The van der Waals surface area contributed by atoms with Crippen LogP contribution in [0.1, 0.15) is 5.69 Å². The average Bonchev–Trinajstić information content (AvgIpc) is 2.67. The molecule has 0 aliphatic rings. The molecule has 14 heavy (non-hydrogen) atoms. The summed E-state index contributed by atoms with van der Waals surface area (Å²) in [6, 6.07) is 8.17. The predicted octanol–water partition coefficient (Wildman–Crippen LogP) is 3.38. The zero-order valence-corrected chi connectivity index (χ0v) is 8.79. The van der Waals surface area contributed by atoms with E-state index in [-0.39, 0.29) is 5.82 Å². The van der Waals surface area contributed by atoms with Crippen molar-refractivity contribution in [1.82, 2.24) is 5.16 Å². The Morgan fingerprint density at radius 2 is 2.14 bits per heavy atom. The molecule has 0 bridgehead atoms. The zero-order valence-electron chi connectivity index (χ0n) is 7.21. The Labute approximate surface area is 88.9 Å². The third kappa shape index (κ3) is 1.70. The summed E-state index contributed by atoms with van der Waals surface area (Å²) < 4.78 is 18.3. The van der Waals surface area contributed by atoms with Crippen molar-refractivity contribution in [3.8, 4) is 11.3 Å². The molecule has 0 saturated heterocycles. The van der Waals surface area contributed by atoms with Crippen molar-refractivity contribution in [2.24, 2.45) is 0 Å². The summed E-state index contributed by atoms with van der Waals surface area (Å²) in [4.78, 5) is 0. The number of alkyl halides is 1. The Morgan fingerprint density at radius 3 is 2.79 bits per heavy atom. The summed E-state index contributed by atoms with van der Waals surface area (Å²) in [5, 5.41) is 4.37. The smallest absolute Gasteiger partial charge is 0.170 e. The van der Waals surface area contributed by atoms with E-state index in [0.717, 1.165) is 5.69 Å². The molecule has 0 fully saturated rings. The van der Waals surface area contributed by atoms with Gasteiger partial charge in [-0.25, -0.2) is 4.39 Å². The van der Waals surface area contributed by atoms with Gasteiger partial charge in [0, 0.05) is 11.4 Å². The molecule has 1 heterocycles. The van der Waals surface area contributed by atoms with Gasteiger partial charge in [-0.1, -0.05) is 33.2 Å². The number of rotatable bonds is 2. The number of halogens is 2. The van der Waals surface area contributed by atoms with E-state index in [1.165, 1.54) is 6.07 Å². The molecule has 0 atom stereocenters. The lowest BCUT2D eigenvalue weighted by Crippen LogP contribution is -1.79. The van der Waals surface area contributed by atoms with Crippen LogP contribution in [-0.4, -0.2) is 5.16 Å². The molecule has 0 spiro atoms. The second-order valence-electron chi connectivity index (χ2n) is 2.80. The first-order valence-corrected chi connectivity index (χ1v) is 5.20. The fourth-order valence-electron chi connectivity index (χ4n) is 1.16. The van der Waals surface area contributed by atoms with Crippen LogP contribution in [0.4, 0.5) is 4.39 Å². The van der Waals surface area contributed by atoms with Crippen molar-refractivity contribution in [1.29, 1.82) is 0 Å². The van der Waals surface area contributed by atoms with Gasteiger partial charge in [0.05, 0.1) is 11.3 Å². The van der Waals surface area contributed by atoms with E-state index in [4.69, 9.17) is 4.52 Å². The van der Waals surface area contributed by atoms with E-state index >= 15 is 0 Å². The van der Waals surface area contributed by atoms with Crippen molar-refractivity contribution >= 4 is 15.9 Å². The largest absolute Gasteiger partial charge is 0.356 e. The van der Waals surface area contributed by atoms with E-state index in [2.05, 4.69) is 21.1 Å². The molecular formula is C10H7BrFNO. The highest BCUT2D eigenvalue weighted by Gasteiger charge is 2.09. The van der Waals surface area contributed by atoms with E-state index in [1.54, 1.807) is 24.3 Å². The molecule has 72 valence electrons. The molecule has 0 N–H and O–H groups in total. The van der Waals surface area contributed by atoms with E-state index in [1.807, 2.05) is 0 Å². The molecule has 2 rings (SSSR count). The van der Waals surface area contributed by atoms with Crippen LogP contribution in [0.15, 0.2) is 34.9 Å². The van der Waals surface area contributed by atoms with Gasteiger partial charge in [0.15, 0.2) is 5.76 Å². The number of aromatic nitrogens is 1. The van der Waals surface area contributed by atoms with Gasteiger partial charge in [-0.2, -0.15) is 0 Å². The van der Waals surface area contributed by atoms with Crippen molar-refractivity contribution < 1.29 is 8.91 Å². The normalized spacial score (nSPS) is 10.4. The second kappa shape index (κ2) is 3.92. The van der Waals surface area contributed by atoms with E-state index in [0.29, 0.717) is 16.7 Å². The van der Waals surface area contributed by atoms with Gasteiger partial charge < -0.3 is 4.52 Å². The molecule has 2 nitrogen and oxygen atoms in total. The highest BCUT2D eigenvalue weighted by atomic mass is 79.9. The molecule has 0 unspecified atom stereocenters. The van der Waals surface area contributed by atoms with Crippen LogP contribution in [0.5, 0.6) is 0 Å². The molecule has 0 radical (unpaired) electrons. The maximum absolute atomic E-state index is 13.3. The maximum Gasteiger partial charge on any atom is 0.170 e. The Balaban J connectivity index is 2.44. The first-order chi connectivity index (χ1) is 6.81. The van der Waals surface area contributed by atoms with Gasteiger partial charge in [0.25, 0.3) is 0 Å². The molecule has 0 aliphatic heterocycles. The van der Waals surface area contributed by atoms with Crippen molar-refractivity contribution in [3.05, 3.63) is 41.8 Å². The van der Waals surface area contributed by atoms with Crippen LogP contribution >= 0.6 is 15.9 Å². The number of hydrogen-bond donors (Lipinski definition) is 0. The van der Waals surface area contributed by atoms with Gasteiger partial charge in [-0.05, 0) is 12.1 Å². The summed E-state index contributed by atoms with van der Waals surface area (Å²) >= 11 is 3.25. The summed E-state index contributed by atoms with van der Waals surface area (Å²) in [5.41, 5.74) is 1.19. The highest BCUT2D eigenvalue weighted by Crippen LogP contribution is 2.23. The first kappa shape index (κ1) is 9.40. The van der Waals surface area contributed by atoms with Crippen LogP contribution in [-0.2, 0) is 5.33 Å². The summed E-state index contributed by atoms with van der Waals surface area (Å²) in [6.45, 7) is 0. The fraction of sp³-hybridized carbons (Fsp3) is 0.100. The quantitative estimate of drug-likeness (QED) is 0.770. The minimum atomic E-state index is -0.301. The average molecular weight is 256 g/mol. The van der Waals surface area contributed by atoms with Crippen molar-refractivity contribution in [3.63, 3.8) is 0 Å². The molecule has 1 aromatic carbocycles. The minimum Gasteiger partial charge on any atom is -0.356 e. The molecule has 1 aromatic heterocycles. The monoisotopic (exact) mass is 255 g/mol. The molecule has 0 saturated carbocycles. The van der Waals surface area contributed by atoms with Crippen molar-refractivity contribution in [2.75, 3.05) is 0 Å². The number of benzene rings is 1. The lowest BCUT2D eigenvalue weighted by molar-refractivity contribution is 0.424. The maximum atomic E-state index is 13.3. The Kier molecular flexibility index (Phi) is 2.63. The van der Waals surface area contributed by atoms with E-state index in [9.17, 15) is 4.39 Å². The van der Waals surface area contributed by atoms with Crippen LogP contribution < -0.4 is 0 Å². The summed E-state index contributed by atoms with van der Waals surface area (Å²) in [7, 11) is 0. The minimum absolute atomic E-state index is 0.301. The SMILES string of the molecule is Fc1ccccc1-c1cc(CBr)no1.